The van der Waals surface area contributed by atoms with E-state index in [2.05, 4.69) is 4.74 Å². The van der Waals surface area contributed by atoms with E-state index in [4.69, 9.17) is 5.11 Å². The Morgan fingerprint density at radius 2 is 1.81 bits per heavy atom. The second-order valence-corrected chi connectivity index (χ2v) is 4.23. The summed E-state index contributed by atoms with van der Waals surface area (Å²) >= 11 is 0. The molecule has 4 nitrogen and oxygen atoms in total. The largest absolute Gasteiger partial charge is 0.481 e. The second-order valence-electron chi connectivity index (χ2n) is 4.23. The van der Waals surface area contributed by atoms with Gasteiger partial charge in [0.15, 0.2) is 5.92 Å². The summed E-state index contributed by atoms with van der Waals surface area (Å²) in [6.45, 7) is 0. The van der Waals surface area contributed by atoms with Crippen LogP contribution in [-0.2, 0) is 14.3 Å². The van der Waals surface area contributed by atoms with Crippen LogP contribution in [0.1, 0.15) is 12.0 Å². The molecule has 0 radical (unpaired) electrons. The van der Waals surface area contributed by atoms with E-state index in [9.17, 15) is 9.59 Å². The van der Waals surface area contributed by atoms with Gasteiger partial charge in [-0.15, -0.1) is 0 Å². The Kier molecular flexibility index (Phi) is 7.29. The molecule has 0 amide bonds. The van der Waals surface area contributed by atoms with E-state index in [1.807, 2.05) is 48.6 Å². The third-order valence-corrected chi connectivity index (χ3v) is 2.71. The SMILES string of the molecule is COC(=O)C(C/C=C/C=C/C=C/c1ccccc1)C(=O)O. The summed E-state index contributed by atoms with van der Waals surface area (Å²) in [4.78, 5) is 22.1. The van der Waals surface area contributed by atoms with Gasteiger partial charge < -0.3 is 9.84 Å². The van der Waals surface area contributed by atoms with Crippen LogP contribution in [0.15, 0.2) is 60.7 Å². The van der Waals surface area contributed by atoms with Crippen molar-refractivity contribution >= 4 is 18.0 Å². The maximum Gasteiger partial charge on any atom is 0.320 e. The molecule has 0 spiro atoms. The van der Waals surface area contributed by atoms with Gasteiger partial charge in [-0.3, -0.25) is 9.59 Å². The highest BCUT2D eigenvalue weighted by atomic mass is 16.5. The highest BCUT2D eigenvalue weighted by molar-refractivity contribution is 5.94. The van der Waals surface area contributed by atoms with E-state index in [1.54, 1.807) is 18.2 Å². The monoisotopic (exact) mass is 286 g/mol. The predicted molar refractivity (Wildman–Crippen MR) is 81.5 cm³/mol. The number of carboxylic acids is 1. The van der Waals surface area contributed by atoms with Crippen LogP contribution in [0, 0.1) is 5.92 Å². The molecule has 1 aromatic carbocycles. The second kappa shape index (κ2) is 9.31. The summed E-state index contributed by atoms with van der Waals surface area (Å²) in [6, 6.07) is 9.86. The zero-order valence-corrected chi connectivity index (χ0v) is 11.8. The van der Waals surface area contributed by atoms with E-state index in [0.717, 1.165) is 5.56 Å². The molecule has 1 N–H and O–H groups in total. The lowest BCUT2D eigenvalue weighted by molar-refractivity contribution is -0.156. The first-order valence-electron chi connectivity index (χ1n) is 6.50. The Hall–Kier alpha value is -2.62. The molecule has 0 aromatic heterocycles. The molecule has 4 heteroatoms. The molecule has 1 aromatic rings. The molecule has 0 aliphatic heterocycles. The van der Waals surface area contributed by atoms with Crippen molar-refractivity contribution < 1.29 is 19.4 Å². The molecule has 0 bridgehead atoms. The molecular formula is C17H18O4. The van der Waals surface area contributed by atoms with Gasteiger partial charge in [0, 0.05) is 0 Å². The lowest BCUT2D eigenvalue weighted by atomic mass is 10.1. The lowest BCUT2D eigenvalue weighted by Gasteiger charge is -2.06. The van der Waals surface area contributed by atoms with Crippen molar-refractivity contribution in [1.29, 1.82) is 0 Å². The quantitative estimate of drug-likeness (QED) is 0.475. The van der Waals surface area contributed by atoms with Gasteiger partial charge in [-0.25, -0.2) is 0 Å². The highest BCUT2D eigenvalue weighted by Crippen LogP contribution is 2.07. The number of benzene rings is 1. The van der Waals surface area contributed by atoms with E-state index >= 15 is 0 Å². The standard InChI is InChI=1S/C17H18O4/c1-21-17(20)15(16(18)19)13-9-4-2-3-6-10-14-11-7-5-8-12-14/h2-12,15H,13H2,1H3,(H,18,19)/b3-2+,9-4+,10-6+. The highest BCUT2D eigenvalue weighted by Gasteiger charge is 2.25. The van der Waals surface area contributed by atoms with Crippen LogP contribution in [0.3, 0.4) is 0 Å². The zero-order chi connectivity index (χ0) is 15.5. The van der Waals surface area contributed by atoms with Gasteiger partial charge in [0.05, 0.1) is 7.11 Å². The molecule has 0 saturated carbocycles. The topological polar surface area (TPSA) is 63.6 Å². The number of hydrogen-bond donors (Lipinski definition) is 1. The van der Waals surface area contributed by atoms with E-state index in [1.165, 1.54) is 7.11 Å². The van der Waals surface area contributed by atoms with Crippen LogP contribution in [0.4, 0.5) is 0 Å². The molecule has 1 rings (SSSR count). The molecule has 1 atom stereocenters. The van der Waals surface area contributed by atoms with Crippen molar-refractivity contribution in [2.75, 3.05) is 7.11 Å². The molecule has 21 heavy (non-hydrogen) atoms. The number of carbonyl (C=O) groups excluding carboxylic acids is 1. The average Bonchev–Trinajstić information content (AvgIpc) is 2.50. The summed E-state index contributed by atoms with van der Waals surface area (Å²) in [6.07, 6.45) is 10.9. The van der Waals surface area contributed by atoms with E-state index in [-0.39, 0.29) is 6.42 Å². The first kappa shape index (κ1) is 16.4. The van der Waals surface area contributed by atoms with Gasteiger partial charge in [0.25, 0.3) is 0 Å². The molecule has 0 heterocycles. The van der Waals surface area contributed by atoms with Crippen LogP contribution in [0.2, 0.25) is 0 Å². The van der Waals surface area contributed by atoms with Gasteiger partial charge >= 0.3 is 11.9 Å². The molecule has 1 unspecified atom stereocenters. The normalized spacial score (nSPS) is 13.0. The fourth-order valence-electron chi connectivity index (χ4n) is 1.59. The molecule has 0 saturated heterocycles. The summed E-state index contributed by atoms with van der Waals surface area (Å²) in [5.41, 5.74) is 1.10. The number of rotatable bonds is 7. The molecule has 110 valence electrons. The van der Waals surface area contributed by atoms with Gasteiger partial charge in [-0.05, 0) is 12.0 Å². The predicted octanol–water partition coefficient (Wildman–Crippen LogP) is 3.08. The zero-order valence-electron chi connectivity index (χ0n) is 11.8. The fraction of sp³-hybridized carbons (Fsp3) is 0.176. The van der Waals surface area contributed by atoms with Crippen molar-refractivity contribution in [1.82, 2.24) is 0 Å². The number of carboxylic acid groups (broad SMARTS) is 1. The Balaban J connectivity index is 2.43. The molecular weight excluding hydrogens is 268 g/mol. The first-order valence-corrected chi connectivity index (χ1v) is 6.50. The number of ether oxygens (including phenoxy) is 1. The number of hydrogen-bond acceptors (Lipinski definition) is 3. The van der Waals surface area contributed by atoms with Crippen molar-refractivity contribution in [3.05, 3.63) is 66.3 Å². The summed E-state index contributed by atoms with van der Waals surface area (Å²) in [5.74, 6) is -3.07. The Morgan fingerprint density at radius 1 is 1.14 bits per heavy atom. The van der Waals surface area contributed by atoms with Crippen molar-refractivity contribution in [2.45, 2.75) is 6.42 Å². The average molecular weight is 286 g/mol. The third kappa shape index (κ3) is 6.38. The first-order chi connectivity index (χ1) is 10.1. The number of methoxy groups -OCH3 is 1. The fourth-order valence-corrected chi connectivity index (χ4v) is 1.59. The number of aliphatic carboxylic acids is 1. The minimum absolute atomic E-state index is 0.106. The summed E-state index contributed by atoms with van der Waals surface area (Å²) in [7, 11) is 1.18. The Bertz CT molecular complexity index is 541. The molecule has 0 aliphatic rings. The Labute approximate surface area is 124 Å². The van der Waals surface area contributed by atoms with Crippen LogP contribution < -0.4 is 0 Å². The third-order valence-electron chi connectivity index (χ3n) is 2.71. The van der Waals surface area contributed by atoms with Crippen molar-refractivity contribution in [3.63, 3.8) is 0 Å². The van der Waals surface area contributed by atoms with Crippen LogP contribution in [-0.4, -0.2) is 24.2 Å². The minimum Gasteiger partial charge on any atom is -0.481 e. The maximum atomic E-state index is 11.2. The summed E-state index contributed by atoms with van der Waals surface area (Å²) < 4.78 is 4.44. The Morgan fingerprint density at radius 3 is 2.43 bits per heavy atom. The van der Waals surface area contributed by atoms with Crippen molar-refractivity contribution in [2.24, 2.45) is 5.92 Å². The number of allylic oxidation sites excluding steroid dienone is 5. The van der Waals surface area contributed by atoms with Gasteiger partial charge in [0.1, 0.15) is 0 Å². The number of esters is 1. The molecule has 0 aliphatic carbocycles. The van der Waals surface area contributed by atoms with Crippen molar-refractivity contribution in [3.8, 4) is 0 Å². The van der Waals surface area contributed by atoms with E-state index < -0.39 is 17.9 Å². The van der Waals surface area contributed by atoms with Crippen LogP contribution in [0.25, 0.3) is 6.08 Å². The molecule has 0 fully saturated rings. The smallest absolute Gasteiger partial charge is 0.320 e. The maximum absolute atomic E-state index is 11.2. The minimum atomic E-state index is -1.18. The van der Waals surface area contributed by atoms with Gasteiger partial charge in [-0.2, -0.15) is 0 Å². The van der Waals surface area contributed by atoms with Gasteiger partial charge in [-0.1, -0.05) is 66.8 Å². The number of carbonyl (C=O) groups is 2. The summed E-state index contributed by atoms with van der Waals surface area (Å²) in [5, 5.41) is 8.88. The lowest BCUT2D eigenvalue weighted by Crippen LogP contribution is -2.24. The van der Waals surface area contributed by atoms with Gasteiger partial charge in [0.2, 0.25) is 0 Å². The van der Waals surface area contributed by atoms with Crippen LogP contribution >= 0.6 is 0 Å². The van der Waals surface area contributed by atoms with E-state index in [0.29, 0.717) is 0 Å². The van der Waals surface area contributed by atoms with Crippen LogP contribution in [0.5, 0.6) is 0 Å².